The van der Waals surface area contributed by atoms with Crippen molar-refractivity contribution in [3.05, 3.63) is 18.2 Å². The molecule has 1 aliphatic heterocycles. The van der Waals surface area contributed by atoms with Crippen LogP contribution in [0.2, 0.25) is 0 Å². The SMILES string of the molecule is Cl.O=[S@@](c1ncc(F)cn1)[C@H]1CCNC1. The highest BCUT2D eigenvalue weighted by Crippen LogP contribution is 2.11. The summed E-state index contributed by atoms with van der Waals surface area (Å²) >= 11 is 0. The minimum atomic E-state index is -1.22. The molecule has 0 saturated carbocycles. The summed E-state index contributed by atoms with van der Waals surface area (Å²) in [6.07, 6.45) is 2.94. The summed E-state index contributed by atoms with van der Waals surface area (Å²) in [5.74, 6) is -0.504. The minimum Gasteiger partial charge on any atom is -0.315 e. The fourth-order valence-electron chi connectivity index (χ4n) is 1.36. The molecule has 4 nitrogen and oxygen atoms in total. The van der Waals surface area contributed by atoms with E-state index in [1.54, 1.807) is 0 Å². The minimum absolute atomic E-state index is 0. The van der Waals surface area contributed by atoms with Crippen LogP contribution in [-0.4, -0.2) is 32.5 Å². The molecule has 0 spiro atoms. The second kappa shape index (κ2) is 5.48. The molecule has 2 atom stereocenters. The number of aromatic nitrogens is 2. The molecule has 0 bridgehead atoms. The zero-order valence-corrected chi connectivity index (χ0v) is 9.48. The summed E-state index contributed by atoms with van der Waals surface area (Å²) in [7, 11) is -1.22. The summed E-state index contributed by atoms with van der Waals surface area (Å²) in [5.41, 5.74) is 0. The molecule has 7 heteroatoms. The van der Waals surface area contributed by atoms with Crippen LogP contribution in [-0.2, 0) is 10.8 Å². The van der Waals surface area contributed by atoms with Crippen LogP contribution in [0.5, 0.6) is 0 Å². The van der Waals surface area contributed by atoms with E-state index in [0.29, 0.717) is 6.54 Å². The first-order valence-corrected chi connectivity index (χ1v) is 5.57. The van der Waals surface area contributed by atoms with Crippen molar-refractivity contribution in [1.82, 2.24) is 15.3 Å². The van der Waals surface area contributed by atoms with Crippen molar-refractivity contribution < 1.29 is 8.60 Å². The summed E-state index contributed by atoms with van der Waals surface area (Å²) in [5, 5.41) is 3.39. The van der Waals surface area contributed by atoms with Crippen LogP contribution in [0.1, 0.15) is 6.42 Å². The van der Waals surface area contributed by atoms with Crippen LogP contribution in [0.15, 0.2) is 17.6 Å². The van der Waals surface area contributed by atoms with Gasteiger partial charge in [0.1, 0.15) is 0 Å². The van der Waals surface area contributed by atoms with Gasteiger partial charge in [-0.25, -0.2) is 14.4 Å². The van der Waals surface area contributed by atoms with Crippen molar-refractivity contribution >= 4 is 23.2 Å². The van der Waals surface area contributed by atoms with Gasteiger partial charge in [-0.3, -0.25) is 4.21 Å². The monoisotopic (exact) mass is 251 g/mol. The number of rotatable bonds is 2. The second-order valence-electron chi connectivity index (χ2n) is 3.10. The zero-order valence-electron chi connectivity index (χ0n) is 7.85. The standard InChI is InChI=1S/C8H10FN3OS.ClH/c9-6-3-11-8(12-4-6)14(13)7-1-2-10-5-7;/h3-4,7,10H,1-2,5H2;1H/t7-,14+;/m0./s1. The topological polar surface area (TPSA) is 54.9 Å². The fourth-order valence-corrected chi connectivity index (χ4v) is 2.58. The van der Waals surface area contributed by atoms with E-state index >= 15 is 0 Å². The van der Waals surface area contributed by atoms with E-state index in [-0.39, 0.29) is 22.8 Å². The number of hydrogen-bond acceptors (Lipinski definition) is 4. The van der Waals surface area contributed by atoms with E-state index in [2.05, 4.69) is 15.3 Å². The summed E-state index contributed by atoms with van der Waals surface area (Å²) in [6, 6.07) is 0. The van der Waals surface area contributed by atoms with Crippen molar-refractivity contribution in [3.8, 4) is 0 Å². The fraction of sp³-hybridized carbons (Fsp3) is 0.500. The summed E-state index contributed by atoms with van der Waals surface area (Å²) in [6.45, 7) is 1.59. The molecule has 1 N–H and O–H groups in total. The molecule has 0 radical (unpaired) electrons. The first kappa shape index (κ1) is 12.5. The van der Waals surface area contributed by atoms with Gasteiger partial charge in [0.25, 0.3) is 0 Å². The predicted octanol–water partition coefficient (Wildman–Crippen LogP) is 0.507. The number of halogens is 2. The molecule has 0 amide bonds. The van der Waals surface area contributed by atoms with E-state index in [1.165, 1.54) is 0 Å². The molecule has 2 rings (SSSR count). The molecule has 84 valence electrons. The van der Waals surface area contributed by atoms with Gasteiger partial charge in [-0.2, -0.15) is 0 Å². The van der Waals surface area contributed by atoms with Gasteiger partial charge in [-0.05, 0) is 13.0 Å². The number of nitrogens with one attached hydrogen (secondary N) is 1. The highest BCUT2D eigenvalue weighted by molar-refractivity contribution is 7.85. The molecule has 0 aliphatic carbocycles. The van der Waals surface area contributed by atoms with Crippen LogP contribution in [0.25, 0.3) is 0 Å². The van der Waals surface area contributed by atoms with E-state index in [9.17, 15) is 8.60 Å². The molecule has 1 aromatic rings. The van der Waals surface area contributed by atoms with Gasteiger partial charge in [0.05, 0.1) is 28.4 Å². The molecule has 0 aromatic carbocycles. The van der Waals surface area contributed by atoms with Crippen LogP contribution >= 0.6 is 12.4 Å². The zero-order chi connectivity index (χ0) is 9.97. The van der Waals surface area contributed by atoms with Gasteiger partial charge in [0, 0.05) is 6.54 Å². The maximum Gasteiger partial charge on any atom is 0.218 e. The van der Waals surface area contributed by atoms with Gasteiger partial charge in [-0.15, -0.1) is 12.4 Å². The normalized spacial score (nSPS) is 22.1. The molecule has 1 aliphatic rings. The third kappa shape index (κ3) is 2.93. The number of hydrogen-bond donors (Lipinski definition) is 1. The Hall–Kier alpha value is -0.590. The maximum atomic E-state index is 12.5. The van der Waals surface area contributed by atoms with Crippen LogP contribution in [0, 0.1) is 5.82 Å². The lowest BCUT2D eigenvalue weighted by molar-refractivity contribution is 0.601. The van der Waals surface area contributed by atoms with E-state index < -0.39 is 16.6 Å². The molecule has 2 heterocycles. The smallest absolute Gasteiger partial charge is 0.218 e. The van der Waals surface area contributed by atoms with Crippen molar-refractivity contribution in [3.63, 3.8) is 0 Å². The maximum absolute atomic E-state index is 12.5. The lowest BCUT2D eigenvalue weighted by atomic mass is 10.4. The highest BCUT2D eigenvalue weighted by Gasteiger charge is 2.23. The van der Waals surface area contributed by atoms with Gasteiger partial charge in [-0.1, -0.05) is 0 Å². The van der Waals surface area contributed by atoms with Gasteiger partial charge in [0.2, 0.25) is 5.16 Å². The first-order valence-electron chi connectivity index (χ1n) is 4.36. The van der Waals surface area contributed by atoms with E-state index in [0.717, 1.165) is 25.4 Å². The van der Waals surface area contributed by atoms with Crippen LogP contribution in [0.4, 0.5) is 4.39 Å². The second-order valence-corrected chi connectivity index (χ2v) is 4.72. The Morgan fingerprint density at radius 2 is 2.13 bits per heavy atom. The Bertz CT molecular complexity index is 342. The molecule has 0 unspecified atom stereocenters. The summed E-state index contributed by atoms with van der Waals surface area (Å²) in [4.78, 5) is 7.42. The van der Waals surface area contributed by atoms with Crippen LogP contribution in [0.3, 0.4) is 0 Å². The Kier molecular flexibility index (Phi) is 4.56. The molecule has 1 saturated heterocycles. The predicted molar refractivity (Wildman–Crippen MR) is 56.9 cm³/mol. The summed E-state index contributed by atoms with van der Waals surface area (Å²) < 4.78 is 24.3. The van der Waals surface area contributed by atoms with Crippen molar-refractivity contribution in [2.75, 3.05) is 13.1 Å². The van der Waals surface area contributed by atoms with Crippen LogP contribution < -0.4 is 5.32 Å². The Balaban J connectivity index is 0.00000112. The van der Waals surface area contributed by atoms with Crippen molar-refractivity contribution in [2.24, 2.45) is 0 Å². The lowest BCUT2D eigenvalue weighted by Crippen LogP contribution is -2.20. The van der Waals surface area contributed by atoms with Gasteiger partial charge in [0.15, 0.2) is 5.82 Å². The Morgan fingerprint density at radius 1 is 1.47 bits per heavy atom. The molecular weight excluding hydrogens is 241 g/mol. The molecule has 1 fully saturated rings. The molecular formula is C8H11ClFN3OS. The number of nitrogens with zero attached hydrogens (tertiary/aromatic N) is 2. The average Bonchev–Trinajstić information content (AvgIpc) is 2.71. The van der Waals surface area contributed by atoms with Gasteiger partial charge >= 0.3 is 0 Å². The van der Waals surface area contributed by atoms with Crippen molar-refractivity contribution in [1.29, 1.82) is 0 Å². The first-order chi connectivity index (χ1) is 6.77. The Labute approximate surface area is 95.6 Å². The molecule has 15 heavy (non-hydrogen) atoms. The largest absolute Gasteiger partial charge is 0.315 e. The van der Waals surface area contributed by atoms with E-state index in [4.69, 9.17) is 0 Å². The lowest BCUT2D eigenvalue weighted by Gasteiger charge is -2.05. The van der Waals surface area contributed by atoms with Gasteiger partial charge < -0.3 is 5.32 Å². The quantitative estimate of drug-likeness (QED) is 0.778. The third-order valence-corrected chi connectivity index (χ3v) is 3.67. The van der Waals surface area contributed by atoms with E-state index in [1.807, 2.05) is 0 Å². The highest BCUT2D eigenvalue weighted by atomic mass is 35.5. The third-order valence-electron chi connectivity index (χ3n) is 2.09. The Morgan fingerprint density at radius 3 is 2.67 bits per heavy atom. The molecule has 1 aromatic heterocycles. The average molecular weight is 252 g/mol. The van der Waals surface area contributed by atoms with Crippen molar-refractivity contribution in [2.45, 2.75) is 16.8 Å².